The largest absolute Gasteiger partial charge is 0.463 e. The van der Waals surface area contributed by atoms with Crippen molar-refractivity contribution in [1.29, 1.82) is 0 Å². The van der Waals surface area contributed by atoms with E-state index in [1.807, 2.05) is 0 Å². The van der Waals surface area contributed by atoms with E-state index < -0.39 is 30.6 Å². The highest BCUT2D eigenvalue weighted by Crippen LogP contribution is 2.40. The third kappa shape index (κ3) is 13.8. The Labute approximate surface area is 196 Å². The Morgan fingerprint density at radius 3 is 1.44 bits per heavy atom. The molecule has 12 heteroatoms. The van der Waals surface area contributed by atoms with Gasteiger partial charge in [0.2, 0.25) is 24.0 Å². The third-order valence-corrected chi connectivity index (χ3v) is 3.80. The molecule has 34 heavy (non-hydrogen) atoms. The Morgan fingerprint density at radius 2 is 1.24 bits per heavy atom. The summed E-state index contributed by atoms with van der Waals surface area (Å²) in [4.78, 5) is 53.7. The van der Waals surface area contributed by atoms with Gasteiger partial charge in [-0.1, -0.05) is 0 Å². The van der Waals surface area contributed by atoms with Crippen LogP contribution in [0.25, 0.3) is 12.2 Å². The molecule has 0 radical (unpaired) electrons. The first kappa shape index (κ1) is 32.7. The van der Waals surface area contributed by atoms with Crippen LogP contribution >= 0.6 is 7.37 Å². The summed E-state index contributed by atoms with van der Waals surface area (Å²) < 4.78 is 34.1. The number of methoxy groups -OCH3 is 1. The van der Waals surface area contributed by atoms with Crippen molar-refractivity contribution in [3.05, 3.63) is 55.3 Å². The van der Waals surface area contributed by atoms with Gasteiger partial charge in [0.15, 0.2) is 11.5 Å². The third-order valence-electron chi connectivity index (χ3n) is 3.16. The van der Waals surface area contributed by atoms with Gasteiger partial charge in [-0.15, -0.1) is 0 Å². The zero-order chi connectivity index (χ0) is 27.1. The Bertz CT molecular complexity index is 1140. The lowest BCUT2D eigenvalue weighted by atomic mass is 10.3. The molecule has 0 spiro atoms. The smallest absolute Gasteiger partial charge is 0.379 e. The number of hydrogen-bond acceptors (Lipinski definition) is 11. The average molecular weight is 502 g/mol. The fraction of sp³-hybridized carbons (Fsp3) is 0.409. The lowest BCUT2D eigenvalue weighted by Crippen LogP contribution is -2.37. The van der Waals surface area contributed by atoms with Crippen LogP contribution in [0.15, 0.2) is 42.1 Å². The highest BCUT2D eigenvalue weighted by atomic mass is 31.2. The number of hydrogen-bond donors (Lipinski definition) is 0. The van der Waals surface area contributed by atoms with E-state index >= 15 is 0 Å². The first-order valence-electron chi connectivity index (χ1n) is 9.79. The Morgan fingerprint density at radius 1 is 0.824 bits per heavy atom. The number of ketones is 1. The summed E-state index contributed by atoms with van der Waals surface area (Å²) in [5.74, 6) is -1.29. The van der Waals surface area contributed by atoms with E-state index in [1.54, 1.807) is 27.7 Å². The normalized spacial score (nSPS) is 12.5. The minimum atomic E-state index is -2.58. The molecular weight excluding hydrogens is 471 g/mol. The molecule has 0 aliphatic rings. The van der Waals surface area contributed by atoms with Crippen LogP contribution in [-0.4, -0.2) is 38.2 Å². The molecule has 0 aromatic carbocycles. The highest BCUT2D eigenvalue weighted by Gasteiger charge is 2.13. The first-order valence-corrected chi connectivity index (χ1v) is 12.3. The SMILES string of the molecule is C/C=C(\OC(C)=O)C(=O)OC.C/C=c1\oc(=O)/c(=C/C)oc1=O.CC=C(OP(C)(C)=O)C(C)=O. The molecule has 0 bridgehead atoms. The van der Waals surface area contributed by atoms with Gasteiger partial charge in [-0.2, -0.15) is 0 Å². The topological polar surface area (TPSA) is 156 Å². The van der Waals surface area contributed by atoms with Crippen molar-refractivity contribution < 1.29 is 41.8 Å². The second kappa shape index (κ2) is 16.2. The predicted octanol–water partition coefficient (Wildman–Crippen LogP) is 1.85. The van der Waals surface area contributed by atoms with Gasteiger partial charge in [-0.3, -0.25) is 14.2 Å². The summed E-state index contributed by atoms with van der Waals surface area (Å²) >= 11 is 0. The molecule has 0 saturated carbocycles. The van der Waals surface area contributed by atoms with Crippen LogP contribution in [-0.2, 0) is 32.9 Å². The van der Waals surface area contributed by atoms with Crippen molar-refractivity contribution in [3.63, 3.8) is 0 Å². The van der Waals surface area contributed by atoms with E-state index in [9.17, 15) is 28.5 Å². The second-order valence-corrected chi connectivity index (χ2v) is 9.06. The van der Waals surface area contributed by atoms with Gasteiger partial charge in [0.05, 0.1) is 7.11 Å². The molecule has 1 heterocycles. The van der Waals surface area contributed by atoms with Gasteiger partial charge < -0.3 is 22.8 Å². The molecule has 1 aromatic heterocycles. The van der Waals surface area contributed by atoms with Crippen LogP contribution in [0, 0.1) is 0 Å². The van der Waals surface area contributed by atoms with E-state index in [0.717, 1.165) is 0 Å². The molecule has 0 amide bonds. The van der Waals surface area contributed by atoms with Crippen LogP contribution in [0.5, 0.6) is 0 Å². The number of rotatable bonds is 5. The molecule has 1 rings (SSSR count). The molecule has 1 aromatic rings. The number of Topliss-reactive ketones (excluding diaryl/α,β-unsaturated/α-hetero) is 1. The predicted molar refractivity (Wildman–Crippen MR) is 126 cm³/mol. The first-order chi connectivity index (χ1) is 15.7. The van der Waals surface area contributed by atoms with Crippen molar-refractivity contribution in [2.75, 3.05) is 20.4 Å². The van der Waals surface area contributed by atoms with E-state index in [1.165, 1.54) is 58.6 Å². The Balaban J connectivity index is 0. The molecule has 0 N–H and O–H groups in total. The minimum absolute atomic E-state index is 0.0643. The van der Waals surface area contributed by atoms with Gasteiger partial charge in [0.1, 0.15) is 0 Å². The summed E-state index contributed by atoms with van der Waals surface area (Å²) in [6.45, 7) is 12.0. The molecule has 190 valence electrons. The van der Waals surface area contributed by atoms with Crippen molar-refractivity contribution in [3.8, 4) is 0 Å². The van der Waals surface area contributed by atoms with E-state index in [-0.39, 0.29) is 28.1 Å². The van der Waals surface area contributed by atoms with Crippen molar-refractivity contribution >= 4 is 37.2 Å². The molecule has 0 fully saturated rings. The van der Waals surface area contributed by atoms with Crippen molar-refractivity contribution in [2.45, 2.75) is 41.5 Å². The number of carbonyl (C=O) groups excluding carboxylic acids is 3. The lowest BCUT2D eigenvalue weighted by molar-refractivity contribution is -0.148. The fourth-order valence-corrected chi connectivity index (χ4v) is 2.48. The van der Waals surface area contributed by atoms with Crippen LogP contribution < -0.4 is 22.1 Å². The van der Waals surface area contributed by atoms with Gasteiger partial charge in [0, 0.05) is 27.2 Å². The standard InChI is InChI=1S/C8H8O4.C7H10O4.C7H13O3P/c1-3-5-7(9)12-6(4-2)8(10)11-5;1-4-6(7(9)10-3)11-5(2)8;1-5-7(6(2)8)10-11(3,4)9/h3-4H,1-2H3;4H,1-3H3;5H,1-4H3/b5-3-,6-4-;6-4-;. The summed E-state index contributed by atoms with van der Waals surface area (Å²) in [6, 6.07) is 0. The molecule has 0 atom stereocenters. The van der Waals surface area contributed by atoms with Crippen LogP contribution in [0.4, 0.5) is 0 Å². The minimum Gasteiger partial charge on any atom is -0.463 e. The average Bonchev–Trinajstić information content (AvgIpc) is 2.76. The second-order valence-electron chi connectivity index (χ2n) is 6.38. The zero-order valence-electron chi connectivity index (χ0n) is 20.7. The number of carbonyl (C=O) groups is 3. The summed E-state index contributed by atoms with van der Waals surface area (Å²) in [5, 5.41) is 0. The molecular formula is C22H31O11P. The van der Waals surface area contributed by atoms with Crippen molar-refractivity contribution in [2.24, 2.45) is 0 Å². The lowest BCUT2D eigenvalue weighted by Gasteiger charge is -2.10. The maximum Gasteiger partial charge on any atom is 0.379 e. The summed E-state index contributed by atoms with van der Waals surface area (Å²) in [7, 11) is -1.36. The van der Waals surface area contributed by atoms with Crippen molar-refractivity contribution in [1.82, 2.24) is 0 Å². The zero-order valence-corrected chi connectivity index (χ0v) is 21.6. The van der Waals surface area contributed by atoms with E-state index in [4.69, 9.17) is 4.52 Å². The Hall–Kier alpha value is -3.46. The van der Waals surface area contributed by atoms with Crippen LogP contribution in [0.1, 0.15) is 41.5 Å². The maximum atomic E-state index is 11.1. The van der Waals surface area contributed by atoms with E-state index in [2.05, 4.69) is 18.3 Å². The molecule has 0 aliphatic carbocycles. The Kier molecular flexibility index (Phi) is 15.6. The molecule has 11 nitrogen and oxygen atoms in total. The number of ether oxygens (including phenoxy) is 2. The van der Waals surface area contributed by atoms with Crippen LogP contribution in [0.2, 0.25) is 0 Å². The monoisotopic (exact) mass is 502 g/mol. The molecule has 0 saturated heterocycles. The van der Waals surface area contributed by atoms with Crippen LogP contribution in [0.3, 0.4) is 0 Å². The summed E-state index contributed by atoms with van der Waals surface area (Å²) in [6.07, 6.45) is 5.65. The number of esters is 2. The summed E-state index contributed by atoms with van der Waals surface area (Å²) in [5.41, 5.74) is -1.40. The highest BCUT2D eigenvalue weighted by molar-refractivity contribution is 7.57. The van der Waals surface area contributed by atoms with Gasteiger partial charge >= 0.3 is 23.2 Å². The molecule has 0 aliphatic heterocycles. The van der Waals surface area contributed by atoms with E-state index in [0.29, 0.717) is 0 Å². The van der Waals surface area contributed by atoms with Gasteiger partial charge in [-0.05, 0) is 52.0 Å². The molecule has 0 unspecified atom stereocenters. The quantitative estimate of drug-likeness (QED) is 0.250. The van der Waals surface area contributed by atoms with Gasteiger partial charge in [0.25, 0.3) is 0 Å². The number of allylic oxidation sites excluding steroid dienone is 3. The fourth-order valence-electron chi connectivity index (χ4n) is 1.77. The van der Waals surface area contributed by atoms with Gasteiger partial charge in [-0.25, -0.2) is 14.4 Å². The maximum absolute atomic E-state index is 11.1.